The third-order valence-electron chi connectivity index (χ3n) is 2.55. The van der Waals surface area contributed by atoms with Gasteiger partial charge in [0.2, 0.25) is 10.0 Å². The van der Waals surface area contributed by atoms with E-state index in [1.807, 2.05) is 0 Å². The highest BCUT2D eigenvalue weighted by Gasteiger charge is 2.17. The van der Waals surface area contributed by atoms with E-state index in [1.54, 1.807) is 24.0 Å². The molecule has 0 saturated carbocycles. The van der Waals surface area contributed by atoms with Gasteiger partial charge in [0.05, 0.1) is 22.1 Å². The first-order valence-corrected chi connectivity index (χ1v) is 7.09. The number of nitrogens with zero attached hydrogens (tertiary/aromatic N) is 3. The maximum atomic E-state index is 12.0. The van der Waals surface area contributed by atoms with Crippen LogP contribution >= 0.6 is 0 Å². The SMILES string of the molecule is Cn1ccc(CNS(=O)(=O)c2cccc([N+](=O)[O-])c2)n1. The van der Waals surface area contributed by atoms with Gasteiger partial charge < -0.3 is 0 Å². The largest absolute Gasteiger partial charge is 0.276 e. The lowest BCUT2D eigenvalue weighted by Gasteiger charge is -2.05. The second-order valence-electron chi connectivity index (χ2n) is 4.06. The van der Waals surface area contributed by atoms with Gasteiger partial charge in [-0.05, 0) is 12.1 Å². The Labute approximate surface area is 115 Å². The topological polar surface area (TPSA) is 107 Å². The van der Waals surface area contributed by atoms with Crippen LogP contribution in [0, 0.1) is 10.1 Å². The van der Waals surface area contributed by atoms with Crippen molar-refractivity contribution in [2.24, 2.45) is 7.05 Å². The van der Waals surface area contributed by atoms with Crippen LogP contribution < -0.4 is 4.72 Å². The number of hydrogen-bond donors (Lipinski definition) is 1. The van der Waals surface area contributed by atoms with E-state index in [0.29, 0.717) is 5.69 Å². The number of benzene rings is 1. The van der Waals surface area contributed by atoms with Crippen molar-refractivity contribution in [2.75, 3.05) is 0 Å². The van der Waals surface area contributed by atoms with Crippen LogP contribution in [-0.4, -0.2) is 23.1 Å². The van der Waals surface area contributed by atoms with Crippen molar-refractivity contribution in [3.05, 3.63) is 52.3 Å². The normalized spacial score (nSPS) is 11.4. The minimum absolute atomic E-state index is 0.0197. The molecule has 0 radical (unpaired) electrons. The number of sulfonamides is 1. The fraction of sp³-hybridized carbons (Fsp3) is 0.182. The Morgan fingerprint density at radius 1 is 1.40 bits per heavy atom. The number of aromatic nitrogens is 2. The van der Waals surface area contributed by atoms with Crippen molar-refractivity contribution in [2.45, 2.75) is 11.4 Å². The number of rotatable bonds is 5. The molecule has 20 heavy (non-hydrogen) atoms. The van der Waals surface area contributed by atoms with E-state index in [4.69, 9.17) is 0 Å². The molecule has 0 spiro atoms. The van der Waals surface area contributed by atoms with Crippen LogP contribution in [0.4, 0.5) is 5.69 Å². The fourth-order valence-electron chi connectivity index (χ4n) is 1.57. The van der Waals surface area contributed by atoms with Gasteiger partial charge in [-0.15, -0.1) is 0 Å². The van der Waals surface area contributed by atoms with E-state index in [-0.39, 0.29) is 17.1 Å². The van der Waals surface area contributed by atoms with Gasteiger partial charge in [-0.3, -0.25) is 14.8 Å². The Morgan fingerprint density at radius 3 is 2.75 bits per heavy atom. The highest BCUT2D eigenvalue weighted by molar-refractivity contribution is 7.89. The highest BCUT2D eigenvalue weighted by atomic mass is 32.2. The van der Waals surface area contributed by atoms with Crippen LogP contribution in [0.2, 0.25) is 0 Å². The Kier molecular flexibility index (Phi) is 3.81. The van der Waals surface area contributed by atoms with E-state index < -0.39 is 14.9 Å². The van der Waals surface area contributed by atoms with Crippen molar-refractivity contribution in [1.82, 2.24) is 14.5 Å². The molecule has 0 aliphatic heterocycles. The van der Waals surface area contributed by atoms with Crippen LogP contribution in [0.3, 0.4) is 0 Å². The molecule has 0 aliphatic carbocycles. The minimum Gasteiger partial charge on any atom is -0.276 e. The Bertz CT molecular complexity index is 738. The highest BCUT2D eigenvalue weighted by Crippen LogP contribution is 2.17. The summed E-state index contributed by atoms with van der Waals surface area (Å²) in [6.07, 6.45) is 1.69. The Balaban J connectivity index is 2.17. The number of nitro benzene ring substituents is 1. The van der Waals surface area contributed by atoms with Gasteiger partial charge in [-0.25, -0.2) is 13.1 Å². The second kappa shape index (κ2) is 5.39. The van der Waals surface area contributed by atoms with Crippen molar-refractivity contribution in [3.63, 3.8) is 0 Å². The number of nitrogens with one attached hydrogen (secondary N) is 1. The van der Waals surface area contributed by atoms with Gasteiger partial charge in [-0.1, -0.05) is 6.07 Å². The first kappa shape index (κ1) is 14.2. The van der Waals surface area contributed by atoms with Crippen molar-refractivity contribution < 1.29 is 13.3 Å². The molecule has 0 fully saturated rings. The van der Waals surface area contributed by atoms with E-state index >= 15 is 0 Å². The molecule has 2 rings (SSSR count). The molecule has 2 aromatic rings. The molecule has 0 bridgehead atoms. The van der Waals surface area contributed by atoms with Crippen LogP contribution in [0.15, 0.2) is 41.4 Å². The van der Waals surface area contributed by atoms with Gasteiger partial charge in [-0.2, -0.15) is 5.10 Å². The van der Waals surface area contributed by atoms with Crippen molar-refractivity contribution in [1.29, 1.82) is 0 Å². The van der Waals surface area contributed by atoms with Gasteiger partial charge in [0, 0.05) is 25.4 Å². The fourth-order valence-corrected chi connectivity index (χ4v) is 2.61. The molecule has 1 aromatic heterocycles. The zero-order chi connectivity index (χ0) is 14.8. The van der Waals surface area contributed by atoms with E-state index in [2.05, 4.69) is 9.82 Å². The number of nitro groups is 1. The summed E-state index contributed by atoms with van der Waals surface area (Å²) in [7, 11) is -2.09. The summed E-state index contributed by atoms with van der Waals surface area (Å²) in [4.78, 5) is 9.85. The molecule has 106 valence electrons. The zero-order valence-corrected chi connectivity index (χ0v) is 11.4. The van der Waals surface area contributed by atoms with Gasteiger partial charge in [0.15, 0.2) is 0 Å². The summed E-state index contributed by atoms with van der Waals surface area (Å²) in [5.41, 5.74) is 0.284. The van der Waals surface area contributed by atoms with Crippen molar-refractivity contribution >= 4 is 15.7 Å². The van der Waals surface area contributed by atoms with Gasteiger partial charge in [0.1, 0.15) is 0 Å². The molecule has 0 amide bonds. The number of non-ortho nitro benzene ring substituents is 1. The first-order valence-electron chi connectivity index (χ1n) is 5.61. The minimum atomic E-state index is -3.81. The van der Waals surface area contributed by atoms with Crippen molar-refractivity contribution in [3.8, 4) is 0 Å². The summed E-state index contributed by atoms with van der Waals surface area (Å²) in [5.74, 6) is 0. The lowest BCUT2D eigenvalue weighted by Crippen LogP contribution is -2.23. The smallest absolute Gasteiger partial charge is 0.270 e. The lowest BCUT2D eigenvalue weighted by atomic mass is 10.3. The van der Waals surface area contributed by atoms with E-state index in [9.17, 15) is 18.5 Å². The molecule has 0 atom stereocenters. The zero-order valence-electron chi connectivity index (χ0n) is 10.6. The van der Waals surface area contributed by atoms with E-state index in [0.717, 1.165) is 6.07 Å². The molecule has 1 heterocycles. The number of hydrogen-bond acceptors (Lipinski definition) is 5. The molecule has 0 saturated heterocycles. The standard InChI is InChI=1S/C11H12N4O4S/c1-14-6-5-9(13-14)8-12-20(18,19)11-4-2-3-10(7-11)15(16)17/h2-7,12H,8H2,1H3. The van der Waals surface area contributed by atoms with Crippen LogP contribution in [0.1, 0.15) is 5.69 Å². The average molecular weight is 296 g/mol. The average Bonchev–Trinajstić information content (AvgIpc) is 2.82. The molecular weight excluding hydrogens is 284 g/mol. The predicted octanol–water partition coefficient (Wildman–Crippen LogP) is 0.807. The summed E-state index contributed by atoms with van der Waals surface area (Å²) in [6.45, 7) is 0.0197. The summed E-state index contributed by atoms with van der Waals surface area (Å²) < 4.78 is 27.9. The molecule has 1 aromatic carbocycles. The van der Waals surface area contributed by atoms with Gasteiger partial charge in [0.25, 0.3) is 5.69 Å². The molecule has 1 N–H and O–H groups in total. The molecular formula is C11H12N4O4S. The molecule has 0 aliphatic rings. The van der Waals surface area contributed by atoms with Crippen LogP contribution in [0.5, 0.6) is 0 Å². The lowest BCUT2D eigenvalue weighted by molar-refractivity contribution is -0.385. The Hall–Kier alpha value is -2.26. The monoisotopic (exact) mass is 296 g/mol. The Morgan fingerprint density at radius 2 is 2.15 bits per heavy atom. The third-order valence-corrected chi connectivity index (χ3v) is 3.95. The maximum Gasteiger partial charge on any atom is 0.270 e. The van der Waals surface area contributed by atoms with Crippen LogP contribution in [0.25, 0.3) is 0 Å². The predicted molar refractivity (Wildman–Crippen MR) is 70.3 cm³/mol. The van der Waals surface area contributed by atoms with Crippen LogP contribution in [-0.2, 0) is 23.6 Å². The first-order chi connectivity index (χ1) is 9.38. The summed E-state index contributed by atoms with van der Waals surface area (Å²) >= 11 is 0. The molecule has 8 nitrogen and oxygen atoms in total. The van der Waals surface area contributed by atoms with E-state index in [1.165, 1.54) is 18.2 Å². The second-order valence-corrected chi connectivity index (χ2v) is 5.83. The molecule has 0 unspecified atom stereocenters. The third kappa shape index (κ3) is 3.19. The number of aryl methyl sites for hydroxylation is 1. The van der Waals surface area contributed by atoms with Gasteiger partial charge >= 0.3 is 0 Å². The summed E-state index contributed by atoms with van der Waals surface area (Å²) in [5, 5.41) is 14.7. The quantitative estimate of drug-likeness (QED) is 0.649. The maximum absolute atomic E-state index is 12.0. The summed E-state index contributed by atoms with van der Waals surface area (Å²) in [6, 6.07) is 6.55. The molecule has 9 heteroatoms.